The predicted molar refractivity (Wildman–Crippen MR) is 84.2 cm³/mol. The number of nitrogens with one attached hydrogen (secondary N) is 2. The maximum atomic E-state index is 4.45. The number of hydrogen-bond donors (Lipinski definition) is 2. The lowest BCUT2D eigenvalue weighted by Gasteiger charge is -2.13. The van der Waals surface area contributed by atoms with Gasteiger partial charge >= 0.3 is 0 Å². The number of anilines is 2. The normalized spacial score (nSPS) is 11.9. The van der Waals surface area contributed by atoms with Crippen molar-refractivity contribution in [3.63, 3.8) is 0 Å². The number of aromatic nitrogens is 2. The zero-order valence-corrected chi connectivity index (χ0v) is 12.1. The van der Waals surface area contributed by atoms with Crippen molar-refractivity contribution >= 4 is 11.6 Å². The molecule has 0 spiro atoms. The highest BCUT2D eigenvalue weighted by Gasteiger charge is 2.04. The molecule has 20 heavy (non-hydrogen) atoms. The van der Waals surface area contributed by atoms with Crippen LogP contribution in [-0.2, 0) is 0 Å². The fraction of sp³-hybridized carbons (Fsp3) is 0.375. The average Bonchev–Trinajstić information content (AvgIpc) is 2.49. The minimum atomic E-state index is 0.536. The first kappa shape index (κ1) is 14.3. The molecular formula is C16H22N4. The highest BCUT2D eigenvalue weighted by atomic mass is 15.1. The molecule has 0 amide bonds. The molecule has 0 fully saturated rings. The van der Waals surface area contributed by atoms with Gasteiger partial charge in [-0.1, -0.05) is 37.3 Å². The molecule has 0 aliphatic rings. The Bertz CT molecular complexity index is 513. The largest absolute Gasteiger partial charge is 0.369 e. The van der Waals surface area contributed by atoms with Crippen molar-refractivity contribution in [3.05, 3.63) is 48.3 Å². The van der Waals surface area contributed by atoms with Crippen LogP contribution in [0.25, 0.3) is 0 Å². The molecule has 0 bridgehead atoms. The van der Waals surface area contributed by atoms with Crippen molar-refractivity contribution in [1.82, 2.24) is 9.97 Å². The maximum Gasteiger partial charge on any atom is 0.146 e. The van der Waals surface area contributed by atoms with Gasteiger partial charge in [0.1, 0.15) is 11.6 Å². The van der Waals surface area contributed by atoms with Crippen molar-refractivity contribution in [2.45, 2.75) is 26.2 Å². The molecule has 0 radical (unpaired) electrons. The molecule has 1 unspecified atom stereocenters. The second-order valence-electron chi connectivity index (χ2n) is 4.85. The van der Waals surface area contributed by atoms with Crippen LogP contribution in [-0.4, -0.2) is 23.1 Å². The van der Waals surface area contributed by atoms with Crippen LogP contribution in [0.2, 0.25) is 0 Å². The smallest absolute Gasteiger partial charge is 0.146 e. The summed E-state index contributed by atoms with van der Waals surface area (Å²) in [5.74, 6) is 2.17. The van der Waals surface area contributed by atoms with E-state index in [0.717, 1.165) is 31.1 Å². The van der Waals surface area contributed by atoms with Crippen LogP contribution >= 0.6 is 0 Å². The van der Waals surface area contributed by atoms with Crippen LogP contribution in [0, 0.1) is 0 Å². The van der Waals surface area contributed by atoms with Gasteiger partial charge < -0.3 is 10.6 Å². The molecule has 2 aromatic rings. The molecule has 4 nitrogen and oxygen atoms in total. The Morgan fingerprint density at radius 2 is 1.75 bits per heavy atom. The van der Waals surface area contributed by atoms with E-state index in [4.69, 9.17) is 0 Å². The molecular weight excluding hydrogens is 248 g/mol. The van der Waals surface area contributed by atoms with Crippen LogP contribution in [0.5, 0.6) is 0 Å². The summed E-state index contributed by atoms with van der Waals surface area (Å²) in [6, 6.07) is 10.6. The number of hydrogen-bond acceptors (Lipinski definition) is 4. The molecule has 0 aliphatic heterocycles. The third kappa shape index (κ3) is 4.23. The molecule has 1 aromatic heterocycles. The van der Waals surface area contributed by atoms with Gasteiger partial charge in [-0.2, -0.15) is 0 Å². The summed E-state index contributed by atoms with van der Waals surface area (Å²) >= 11 is 0. The highest BCUT2D eigenvalue weighted by molar-refractivity contribution is 5.41. The second-order valence-corrected chi connectivity index (χ2v) is 4.85. The molecule has 1 heterocycles. The van der Waals surface area contributed by atoms with Crippen LogP contribution in [0.15, 0.2) is 42.7 Å². The Morgan fingerprint density at radius 1 is 1.05 bits per heavy atom. The summed E-state index contributed by atoms with van der Waals surface area (Å²) in [4.78, 5) is 8.62. The quantitative estimate of drug-likeness (QED) is 0.808. The van der Waals surface area contributed by atoms with Gasteiger partial charge in [-0.15, -0.1) is 0 Å². The zero-order chi connectivity index (χ0) is 14.2. The second kappa shape index (κ2) is 7.48. The van der Waals surface area contributed by atoms with Crippen molar-refractivity contribution in [3.8, 4) is 0 Å². The van der Waals surface area contributed by atoms with Gasteiger partial charge in [-0.05, 0) is 24.8 Å². The van der Waals surface area contributed by atoms with E-state index in [9.17, 15) is 0 Å². The number of nitrogens with zero attached hydrogens (tertiary/aromatic N) is 2. The summed E-state index contributed by atoms with van der Waals surface area (Å²) in [6.07, 6.45) is 4.56. The van der Waals surface area contributed by atoms with Crippen molar-refractivity contribution < 1.29 is 0 Å². The molecule has 0 saturated heterocycles. The lowest BCUT2D eigenvalue weighted by Crippen LogP contribution is -2.09. The summed E-state index contributed by atoms with van der Waals surface area (Å²) in [5, 5.41) is 6.49. The predicted octanol–water partition coefficient (Wildman–Crippen LogP) is 3.51. The average molecular weight is 270 g/mol. The van der Waals surface area contributed by atoms with Crippen molar-refractivity contribution in [1.29, 1.82) is 0 Å². The summed E-state index contributed by atoms with van der Waals surface area (Å²) in [6.45, 7) is 6.03. The fourth-order valence-electron chi connectivity index (χ4n) is 2.08. The summed E-state index contributed by atoms with van der Waals surface area (Å²) < 4.78 is 0. The minimum absolute atomic E-state index is 0.536. The van der Waals surface area contributed by atoms with Crippen LogP contribution < -0.4 is 10.6 Å². The molecule has 4 heteroatoms. The van der Waals surface area contributed by atoms with Gasteiger partial charge in [-0.3, -0.25) is 4.98 Å². The SMILES string of the molecule is CCNc1cncc(NCCC(C)c2ccccc2)n1. The van der Waals surface area contributed by atoms with E-state index in [1.165, 1.54) is 5.56 Å². The Kier molecular flexibility index (Phi) is 5.35. The van der Waals surface area contributed by atoms with E-state index in [2.05, 4.69) is 57.9 Å². The van der Waals surface area contributed by atoms with Gasteiger partial charge in [0.25, 0.3) is 0 Å². The molecule has 2 rings (SSSR count). The zero-order valence-electron chi connectivity index (χ0n) is 12.1. The summed E-state index contributed by atoms with van der Waals surface area (Å²) in [7, 11) is 0. The van der Waals surface area contributed by atoms with Crippen LogP contribution in [0.3, 0.4) is 0 Å². The van der Waals surface area contributed by atoms with Crippen molar-refractivity contribution in [2.75, 3.05) is 23.7 Å². The third-order valence-corrected chi connectivity index (χ3v) is 3.24. The highest BCUT2D eigenvalue weighted by Crippen LogP contribution is 2.18. The lowest BCUT2D eigenvalue weighted by atomic mass is 9.98. The van der Waals surface area contributed by atoms with E-state index in [1.807, 2.05) is 6.92 Å². The first-order valence-electron chi connectivity index (χ1n) is 7.14. The number of rotatable bonds is 7. The fourth-order valence-corrected chi connectivity index (χ4v) is 2.08. The van der Waals surface area contributed by atoms with Gasteiger partial charge in [0, 0.05) is 13.1 Å². The monoisotopic (exact) mass is 270 g/mol. The lowest BCUT2D eigenvalue weighted by molar-refractivity contribution is 0.704. The van der Waals surface area contributed by atoms with Gasteiger partial charge in [0.05, 0.1) is 12.4 Å². The Hall–Kier alpha value is -2.10. The molecule has 1 atom stereocenters. The topological polar surface area (TPSA) is 49.8 Å². The van der Waals surface area contributed by atoms with E-state index in [-0.39, 0.29) is 0 Å². The molecule has 1 aromatic carbocycles. The molecule has 106 valence electrons. The standard InChI is InChI=1S/C16H22N4/c1-3-18-15-11-17-12-16(20-15)19-10-9-13(2)14-7-5-4-6-8-14/h4-8,11-13H,3,9-10H2,1-2H3,(H2,18,19,20). The van der Waals surface area contributed by atoms with Gasteiger partial charge in [0.15, 0.2) is 0 Å². The molecule has 0 aliphatic carbocycles. The van der Waals surface area contributed by atoms with Crippen LogP contribution in [0.1, 0.15) is 31.7 Å². The van der Waals surface area contributed by atoms with E-state index in [0.29, 0.717) is 5.92 Å². The Balaban J connectivity index is 1.82. The molecule has 0 saturated carbocycles. The van der Waals surface area contributed by atoms with Crippen molar-refractivity contribution in [2.24, 2.45) is 0 Å². The van der Waals surface area contributed by atoms with E-state index in [1.54, 1.807) is 12.4 Å². The van der Waals surface area contributed by atoms with E-state index < -0.39 is 0 Å². The minimum Gasteiger partial charge on any atom is -0.369 e. The van der Waals surface area contributed by atoms with E-state index >= 15 is 0 Å². The summed E-state index contributed by atoms with van der Waals surface area (Å²) in [5.41, 5.74) is 1.38. The Labute approximate surface area is 120 Å². The number of benzene rings is 1. The van der Waals surface area contributed by atoms with Gasteiger partial charge in [0.2, 0.25) is 0 Å². The van der Waals surface area contributed by atoms with Gasteiger partial charge in [-0.25, -0.2) is 4.98 Å². The Morgan fingerprint density at radius 3 is 2.45 bits per heavy atom. The maximum absolute atomic E-state index is 4.45. The first-order chi connectivity index (χ1) is 9.79. The van der Waals surface area contributed by atoms with Crippen LogP contribution in [0.4, 0.5) is 11.6 Å². The molecule has 2 N–H and O–H groups in total. The third-order valence-electron chi connectivity index (χ3n) is 3.24. The first-order valence-corrected chi connectivity index (χ1v) is 7.14.